The van der Waals surface area contributed by atoms with E-state index < -0.39 is 0 Å². The first-order valence-electron chi connectivity index (χ1n) is 7.74. The number of carbonyl (C=O) groups is 1. The van der Waals surface area contributed by atoms with E-state index in [9.17, 15) is 9.59 Å². The minimum Gasteiger partial charge on any atom is -0.350 e. The molecule has 2 N–H and O–H groups in total. The van der Waals surface area contributed by atoms with Crippen LogP contribution in [-0.4, -0.2) is 29.0 Å². The second-order valence-corrected chi connectivity index (χ2v) is 6.22. The van der Waals surface area contributed by atoms with Crippen molar-refractivity contribution in [3.63, 3.8) is 0 Å². The third-order valence-electron chi connectivity index (χ3n) is 4.26. The number of anilines is 1. The van der Waals surface area contributed by atoms with Gasteiger partial charge in [-0.05, 0) is 31.6 Å². The highest BCUT2D eigenvalue weighted by Gasteiger charge is 2.29. The highest BCUT2D eigenvalue weighted by atomic mass is 16.2. The lowest BCUT2D eigenvalue weighted by Gasteiger charge is -2.30. The fraction of sp³-hybridized carbons (Fsp3) is 0.667. The van der Waals surface area contributed by atoms with Gasteiger partial charge in [-0.3, -0.25) is 14.6 Å². The van der Waals surface area contributed by atoms with Crippen molar-refractivity contribution in [1.29, 1.82) is 0 Å². The maximum atomic E-state index is 11.8. The average molecular weight is 290 g/mol. The fourth-order valence-electron chi connectivity index (χ4n) is 2.62. The third kappa shape index (κ3) is 3.62. The summed E-state index contributed by atoms with van der Waals surface area (Å²) in [4.78, 5) is 32.8. The Hall–Kier alpha value is -1.85. The van der Waals surface area contributed by atoms with Crippen LogP contribution in [0.25, 0.3) is 0 Å². The Morgan fingerprint density at radius 2 is 2.10 bits per heavy atom. The van der Waals surface area contributed by atoms with Crippen molar-refractivity contribution < 1.29 is 4.79 Å². The number of nitrogens with zero attached hydrogens (tertiary/aromatic N) is 2. The van der Waals surface area contributed by atoms with E-state index in [1.54, 1.807) is 0 Å². The van der Waals surface area contributed by atoms with Gasteiger partial charge >= 0.3 is 0 Å². The molecule has 1 aliphatic carbocycles. The van der Waals surface area contributed by atoms with Gasteiger partial charge in [0.1, 0.15) is 0 Å². The summed E-state index contributed by atoms with van der Waals surface area (Å²) in [6.07, 6.45) is 4.19. The predicted octanol–water partition coefficient (Wildman–Crippen LogP) is 1.03. The number of aromatic nitrogens is 2. The van der Waals surface area contributed by atoms with Crippen LogP contribution < -0.4 is 15.8 Å². The lowest BCUT2D eigenvalue weighted by molar-refractivity contribution is -0.122. The van der Waals surface area contributed by atoms with Crippen molar-refractivity contribution in [3.8, 4) is 0 Å². The zero-order valence-corrected chi connectivity index (χ0v) is 12.4. The summed E-state index contributed by atoms with van der Waals surface area (Å²) in [5, 5.41) is 2.85. The number of hydrogen-bond acceptors (Lipinski definition) is 4. The highest BCUT2D eigenvalue weighted by Crippen LogP contribution is 2.28. The molecule has 2 fully saturated rings. The van der Waals surface area contributed by atoms with Crippen LogP contribution >= 0.6 is 0 Å². The lowest BCUT2D eigenvalue weighted by Crippen LogP contribution is -2.35. The van der Waals surface area contributed by atoms with Crippen LogP contribution in [0.2, 0.25) is 0 Å². The summed E-state index contributed by atoms with van der Waals surface area (Å²) in [5.41, 5.74) is 0.468. The Morgan fingerprint density at radius 3 is 2.76 bits per heavy atom. The largest absolute Gasteiger partial charge is 0.350 e. The number of nitrogens with one attached hydrogen (secondary N) is 2. The summed E-state index contributed by atoms with van der Waals surface area (Å²) in [6, 6.07) is 1.46. The molecule has 0 radical (unpaired) electrons. The zero-order chi connectivity index (χ0) is 14.8. The van der Waals surface area contributed by atoms with Gasteiger partial charge in [0, 0.05) is 25.1 Å². The van der Waals surface area contributed by atoms with Crippen LogP contribution in [0.4, 0.5) is 5.95 Å². The molecule has 2 aliphatic rings. The van der Waals surface area contributed by atoms with E-state index in [1.165, 1.54) is 6.07 Å². The highest BCUT2D eigenvalue weighted by molar-refractivity contribution is 5.80. The number of piperidine rings is 1. The molecule has 114 valence electrons. The summed E-state index contributed by atoms with van der Waals surface area (Å²) >= 11 is 0. The van der Waals surface area contributed by atoms with Crippen molar-refractivity contribution in [2.45, 2.75) is 39.2 Å². The molecule has 1 aromatic heterocycles. The molecule has 0 unspecified atom stereocenters. The maximum absolute atomic E-state index is 11.8. The van der Waals surface area contributed by atoms with Crippen molar-refractivity contribution in [1.82, 2.24) is 15.3 Å². The van der Waals surface area contributed by atoms with Crippen LogP contribution in [0.15, 0.2) is 10.9 Å². The Bertz CT molecular complexity index is 571. The molecule has 0 aromatic carbocycles. The van der Waals surface area contributed by atoms with Gasteiger partial charge in [0.2, 0.25) is 11.9 Å². The Morgan fingerprint density at radius 1 is 1.38 bits per heavy atom. The molecule has 1 saturated heterocycles. The SMILES string of the molecule is CC1CCN(c2nc(CNC(=O)C3CC3)cc(=O)[nH]2)CC1. The first-order valence-corrected chi connectivity index (χ1v) is 7.74. The van der Waals surface area contributed by atoms with Crippen LogP contribution in [0, 0.1) is 11.8 Å². The standard InChI is InChI=1S/C15H22N4O2/c1-10-4-6-19(7-5-10)15-17-12(8-13(20)18-15)9-16-14(21)11-2-3-11/h8,10-11H,2-7,9H2,1H3,(H,16,21)(H,17,18,20). The average Bonchev–Trinajstić information content (AvgIpc) is 3.29. The number of aromatic amines is 1. The molecule has 3 rings (SSSR count). The summed E-state index contributed by atoms with van der Waals surface area (Å²) in [7, 11) is 0. The number of rotatable bonds is 4. The quantitative estimate of drug-likeness (QED) is 0.868. The van der Waals surface area contributed by atoms with E-state index in [-0.39, 0.29) is 17.4 Å². The van der Waals surface area contributed by atoms with Crippen LogP contribution in [0.5, 0.6) is 0 Å². The summed E-state index contributed by atoms with van der Waals surface area (Å²) in [5.74, 6) is 1.61. The molecule has 0 atom stereocenters. The van der Waals surface area contributed by atoms with E-state index in [4.69, 9.17) is 0 Å². The number of hydrogen-bond donors (Lipinski definition) is 2. The molecule has 2 heterocycles. The van der Waals surface area contributed by atoms with E-state index in [1.807, 2.05) is 0 Å². The molecule has 21 heavy (non-hydrogen) atoms. The van der Waals surface area contributed by atoms with Gasteiger partial charge in [-0.25, -0.2) is 4.98 Å². The summed E-state index contributed by atoms with van der Waals surface area (Å²) in [6.45, 7) is 4.41. The summed E-state index contributed by atoms with van der Waals surface area (Å²) < 4.78 is 0. The normalized spacial score (nSPS) is 19.6. The number of H-pyrrole nitrogens is 1. The molecule has 0 spiro atoms. The van der Waals surface area contributed by atoms with E-state index >= 15 is 0 Å². The van der Waals surface area contributed by atoms with Crippen molar-refractivity contribution in [2.75, 3.05) is 18.0 Å². The fourth-order valence-corrected chi connectivity index (χ4v) is 2.62. The van der Waals surface area contributed by atoms with Gasteiger partial charge in [-0.15, -0.1) is 0 Å². The van der Waals surface area contributed by atoms with E-state index in [0.29, 0.717) is 18.2 Å². The van der Waals surface area contributed by atoms with Gasteiger partial charge in [0.15, 0.2) is 0 Å². The monoisotopic (exact) mass is 290 g/mol. The second kappa shape index (κ2) is 5.87. The first-order chi connectivity index (χ1) is 10.1. The Balaban J connectivity index is 1.67. The van der Waals surface area contributed by atoms with Crippen molar-refractivity contribution >= 4 is 11.9 Å². The zero-order valence-electron chi connectivity index (χ0n) is 12.4. The molecule has 0 bridgehead atoms. The van der Waals surface area contributed by atoms with Gasteiger partial charge < -0.3 is 10.2 Å². The second-order valence-electron chi connectivity index (χ2n) is 6.22. The van der Waals surface area contributed by atoms with Crippen LogP contribution in [0.3, 0.4) is 0 Å². The maximum Gasteiger partial charge on any atom is 0.252 e. The molecular weight excluding hydrogens is 268 g/mol. The Kier molecular flexibility index (Phi) is 3.94. The van der Waals surface area contributed by atoms with Crippen LogP contribution in [0.1, 0.15) is 38.3 Å². The van der Waals surface area contributed by atoms with Gasteiger partial charge in [0.05, 0.1) is 12.2 Å². The molecule has 1 aliphatic heterocycles. The van der Waals surface area contributed by atoms with E-state index in [0.717, 1.165) is 44.7 Å². The smallest absolute Gasteiger partial charge is 0.252 e. The molecule has 1 amide bonds. The predicted molar refractivity (Wildman–Crippen MR) is 80.0 cm³/mol. The van der Waals surface area contributed by atoms with Crippen molar-refractivity contribution in [2.24, 2.45) is 11.8 Å². The van der Waals surface area contributed by atoms with Gasteiger partial charge in [-0.1, -0.05) is 6.92 Å². The Labute approximate surface area is 124 Å². The van der Waals surface area contributed by atoms with Crippen LogP contribution in [-0.2, 0) is 11.3 Å². The van der Waals surface area contributed by atoms with Gasteiger partial charge in [-0.2, -0.15) is 0 Å². The van der Waals surface area contributed by atoms with Gasteiger partial charge in [0.25, 0.3) is 5.56 Å². The van der Waals surface area contributed by atoms with E-state index in [2.05, 4.69) is 27.1 Å². The minimum absolute atomic E-state index is 0.0745. The first kappa shape index (κ1) is 14.1. The topological polar surface area (TPSA) is 78.1 Å². The number of carbonyl (C=O) groups excluding carboxylic acids is 1. The molecule has 1 aromatic rings. The number of amides is 1. The molecular formula is C15H22N4O2. The molecule has 6 nitrogen and oxygen atoms in total. The molecule has 6 heteroatoms. The molecule has 1 saturated carbocycles. The van der Waals surface area contributed by atoms with Crippen molar-refractivity contribution in [3.05, 3.63) is 22.1 Å². The lowest BCUT2D eigenvalue weighted by atomic mass is 10.00. The third-order valence-corrected chi connectivity index (χ3v) is 4.26. The minimum atomic E-state index is -0.158.